The highest BCUT2D eigenvalue weighted by Gasteiger charge is 2.26. The van der Waals surface area contributed by atoms with Crippen LogP contribution in [-0.4, -0.2) is 73.2 Å². The summed E-state index contributed by atoms with van der Waals surface area (Å²) < 4.78 is 29.6. The van der Waals surface area contributed by atoms with Gasteiger partial charge in [-0.2, -0.15) is 4.31 Å². The predicted octanol–water partition coefficient (Wildman–Crippen LogP) is -0.0261. The van der Waals surface area contributed by atoms with Crippen molar-refractivity contribution >= 4 is 32.8 Å². The summed E-state index contributed by atoms with van der Waals surface area (Å²) in [6.07, 6.45) is 1.15. The number of fused-ring (bicyclic) bond motifs is 1. The van der Waals surface area contributed by atoms with Gasteiger partial charge in [-0.3, -0.25) is 0 Å². The maximum Gasteiger partial charge on any atom is 0.323 e. The quantitative estimate of drug-likeness (QED) is 0.700. The lowest BCUT2D eigenvalue weighted by atomic mass is 10.2. The van der Waals surface area contributed by atoms with E-state index in [-0.39, 0.29) is 24.8 Å². The van der Waals surface area contributed by atoms with Crippen LogP contribution < -0.4 is 15.7 Å². The number of piperazine rings is 1. The largest absolute Gasteiger partial charge is 0.494 e. The smallest absolute Gasteiger partial charge is 0.323 e. The van der Waals surface area contributed by atoms with Crippen LogP contribution in [0.1, 0.15) is 0 Å². The van der Waals surface area contributed by atoms with E-state index in [4.69, 9.17) is 4.74 Å². The van der Waals surface area contributed by atoms with E-state index < -0.39 is 10.0 Å². The van der Waals surface area contributed by atoms with Crippen molar-refractivity contribution in [2.75, 3.05) is 44.9 Å². The Balaban J connectivity index is 1.75. The van der Waals surface area contributed by atoms with E-state index in [0.717, 1.165) is 6.26 Å². The number of hydrogen-bond donors (Lipinski definition) is 3. The number of aromatic amines is 2. The first kappa shape index (κ1) is 17.3. The number of imidazole rings is 1. The van der Waals surface area contributed by atoms with Gasteiger partial charge in [-0.05, 0) is 6.07 Å². The van der Waals surface area contributed by atoms with Gasteiger partial charge in [0, 0.05) is 32.2 Å². The van der Waals surface area contributed by atoms with Crippen molar-refractivity contribution in [2.24, 2.45) is 0 Å². The molecule has 0 saturated carbocycles. The highest BCUT2D eigenvalue weighted by atomic mass is 32.2. The van der Waals surface area contributed by atoms with E-state index in [2.05, 4.69) is 15.3 Å². The summed E-state index contributed by atoms with van der Waals surface area (Å²) in [5.74, 6) is 0.408. The summed E-state index contributed by atoms with van der Waals surface area (Å²) in [5.41, 5.74) is 1.18. The molecule has 136 valence electrons. The number of urea groups is 1. The molecule has 2 amide bonds. The minimum absolute atomic E-state index is 0.257. The molecule has 0 spiro atoms. The van der Waals surface area contributed by atoms with Gasteiger partial charge in [0.15, 0.2) is 0 Å². The van der Waals surface area contributed by atoms with E-state index in [9.17, 15) is 18.0 Å². The first-order valence-electron chi connectivity index (χ1n) is 7.59. The molecule has 11 heteroatoms. The van der Waals surface area contributed by atoms with Crippen molar-refractivity contribution in [1.82, 2.24) is 19.2 Å². The lowest BCUT2D eigenvalue weighted by molar-refractivity contribution is 0.184. The SMILES string of the molecule is COc1cc2[nH]c(=O)[nH]c2cc1NC(=O)N1CCN(S(C)(=O)=O)CC1. The van der Waals surface area contributed by atoms with E-state index in [0.29, 0.717) is 35.6 Å². The zero-order valence-corrected chi connectivity index (χ0v) is 14.6. The number of anilines is 1. The minimum Gasteiger partial charge on any atom is -0.494 e. The van der Waals surface area contributed by atoms with Gasteiger partial charge in [0.05, 0.1) is 30.1 Å². The van der Waals surface area contributed by atoms with Gasteiger partial charge in [-0.25, -0.2) is 18.0 Å². The monoisotopic (exact) mass is 369 g/mol. The number of nitrogens with one attached hydrogen (secondary N) is 3. The fourth-order valence-corrected chi connectivity index (χ4v) is 3.57. The molecule has 1 saturated heterocycles. The molecule has 1 fully saturated rings. The number of sulfonamides is 1. The van der Waals surface area contributed by atoms with Crippen molar-refractivity contribution < 1.29 is 17.9 Å². The van der Waals surface area contributed by atoms with Crippen molar-refractivity contribution in [2.45, 2.75) is 0 Å². The van der Waals surface area contributed by atoms with Crippen molar-refractivity contribution in [3.63, 3.8) is 0 Å². The van der Waals surface area contributed by atoms with Crippen LogP contribution in [0.25, 0.3) is 11.0 Å². The second-order valence-electron chi connectivity index (χ2n) is 5.76. The summed E-state index contributed by atoms with van der Waals surface area (Å²) in [4.78, 5) is 30.6. The molecule has 0 aliphatic carbocycles. The van der Waals surface area contributed by atoms with Crippen LogP contribution in [-0.2, 0) is 10.0 Å². The zero-order chi connectivity index (χ0) is 18.2. The number of carbonyl (C=O) groups excluding carboxylic acids is 1. The Morgan fingerprint density at radius 1 is 1.16 bits per heavy atom. The molecular formula is C14H19N5O5S. The lowest BCUT2D eigenvalue weighted by Crippen LogP contribution is -2.51. The third-order valence-electron chi connectivity index (χ3n) is 4.07. The normalized spacial score (nSPS) is 16.2. The van der Waals surface area contributed by atoms with E-state index in [1.54, 1.807) is 12.1 Å². The predicted molar refractivity (Wildman–Crippen MR) is 92.5 cm³/mol. The molecule has 2 heterocycles. The van der Waals surface area contributed by atoms with Crippen LogP contribution in [0.2, 0.25) is 0 Å². The van der Waals surface area contributed by atoms with Crippen LogP contribution in [0.3, 0.4) is 0 Å². The maximum absolute atomic E-state index is 12.4. The Labute approximate surface area is 143 Å². The average Bonchev–Trinajstić information content (AvgIpc) is 2.92. The molecule has 10 nitrogen and oxygen atoms in total. The fourth-order valence-electron chi connectivity index (χ4n) is 2.75. The number of benzene rings is 1. The summed E-state index contributed by atoms with van der Waals surface area (Å²) in [5, 5.41) is 2.74. The number of H-pyrrole nitrogens is 2. The Hall–Kier alpha value is -2.53. The van der Waals surface area contributed by atoms with Gasteiger partial charge < -0.3 is 24.9 Å². The molecule has 3 rings (SSSR count). The average molecular weight is 369 g/mol. The van der Waals surface area contributed by atoms with Crippen LogP contribution in [0.15, 0.2) is 16.9 Å². The van der Waals surface area contributed by atoms with E-state index >= 15 is 0 Å². The Morgan fingerprint density at radius 2 is 1.76 bits per heavy atom. The number of ether oxygens (including phenoxy) is 1. The van der Waals surface area contributed by atoms with Gasteiger partial charge in [0.1, 0.15) is 5.75 Å². The number of amides is 2. The fraction of sp³-hybridized carbons (Fsp3) is 0.429. The molecule has 2 aromatic rings. The third kappa shape index (κ3) is 3.61. The Bertz CT molecular complexity index is 956. The van der Waals surface area contributed by atoms with Crippen molar-refractivity contribution in [3.05, 3.63) is 22.6 Å². The lowest BCUT2D eigenvalue weighted by Gasteiger charge is -2.33. The number of nitrogens with zero attached hydrogens (tertiary/aromatic N) is 2. The second kappa shape index (κ2) is 6.41. The van der Waals surface area contributed by atoms with E-state index in [1.165, 1.54) is 16.3 Å². The molecule has 1 aromatic carbocycles. The first-order valence-corrected chi connectivity index (χ1v) is 9.44. The molecule has 0 atom stereocenters. The van der Waals surface area contributed by atoms with Gasteiger partial charge >= 0.3 is 11.7 Å². The number of aromatic nitrogens is 2. The maximum atomic E-state index is 12.4. The summed E-state index contributed by atoms with van der Waals surface area (Å²) in [6.45, 7) is 1.11. The molecule has 1 aliphatic heterocycles. The zero-order valence-electron chi connectivity index (χ0n) is 13.8. The molecular weight excluding hydrogens is 350 g/mol. The van der Waals surface area contributed by atoms with Crippen LogP contribution >= 0.6 is 0 Å². The number of methoxy groups -OCH3 is 1. The van der Waals surface area contributed by atoms with Crippen molar-refractivity contribution in [3.8, 4) is 5.75 Å². The summed E-state index contributed by atoms with van der Waals surface area (Å²) >= 11 is 0. The summed E-state index contributed by atoms with van der Waals surface area (Å²) in [7, 11) is -1.78. The third-order valence-corrected chi connectivity index (χ3v) is 5.38. The molecule has 3 N–H and O–H groups in total. The van der Waals surface area contributed by atoms with Gasteiger partial charge in [0.2, 0.25) is 10.0 Å². The first-order chi connectivity index (χ1) is 11.8. The molecule has 1 aromatic heterocycles. The highest BCUT2D eigenvalue weighted by Crippen LogP contribution is 2.28. The minimum atomic E-state index is -3.25. The molecule has 0 radical (unpaired) electrons. The Morgan fingerprint density at radius 3 is 2.32 bits per heavy atom. The van der Waals surface area contributed by atoms with Crippen molar-refractivity contribution in [1.29, 1.82) is 0 Å². The number of hydrogen-bond acceptors (Lipinski definition) is 5. The standard InChI is InChI=1S/C14H19N5O5S/c1-24-12-8-10-9(15-13(20)16-10)7-11(12)17-14(21)18-3-5-19(6-4-18)25(2,22)23/h7-8H,3-6H2,1-2H3,(H,17,21)(H2,15,16,20). The van der Waals surface area contributed by atoms with E-state index in [1.807, 2.05) is 0 Å². The van der Waals surface area contributed by atoms with Gasteiger partial charge in [-0.1, -0.05) is 0 Å². The molecule has 0 bridgehead atoms. The number of carbonyl (C=O) groups is 1. The highest BCUT2D eigenvalue weighted by molar-refractivity contribution is 7.88. The Kier molecular flexibility index (Phi) is 4.43. The topological polar surface area (TPSA) is 128 Å². The summed E-state index contributed by atoms with van der Waals surface area (Å²) in [6, 6.07) is 2.87. The van der Waals surface area contributed by atoms with Gasteiger partial charge in [0.25, 0.3) is 0 Å². The van der Waals surface area contributed by atoms with Crippen LogP contribution in [0, 0.1) is 0 Å². The van der Waals surface area contributed by atoms with Gasteiger partial charge in [-0.15, -0.1) is 0 Å². The van der Waals surface area contributed by atoms with Crippen LogP contribution in [0.4, 0.5) is 10.5 Å². The number of rotatable bonds is 3. The molecule has 25 heavy (non-hydrogen) atoms. The molecule has 0 unspecified atom stereocenters. The second-order valence-corrected chi connectivity index (χ2v) is 7.74. The molecule has 1 aliphatic rings. The van der Waals surface area contributed by atoms with Crippen LogP contribution in [0.5, 0.6) is 5.75 Å².